The Morgan fingerprint density at radius 1 is 1.41 bits per heavy atom. The zero-order chi connectivity index (χ0) is 16.2. The van der Waals surface area contributed by atoms with E-state index in [4.69, 9.17) is 4.52 Å². The van der Waals surface area contributed by atoms with Crippen molar-refractivity contribution in [3.63, 3.8) is 0 Å². The van der Waals surface area contributed by atoms with E-state index < -0.39 is 9.84 Å². The Balaban J connectivity index is 1.88. The normalized spacial score (nSPS) is 17.5. The van der Waals surface area contributed by atoms with E-state index in [2.05, 4.69) is 15.5 Å². The minimum Gasteiger partial charge on any atom is -0.344 e. The van der Waals surface area contributed by atoms with Crippen LogP contribution in [0, 0.1) is 5.92 Å². The molecule has 1 N–H and O–H groups in total. The van der Waals surface area contributed by atoms with Gasteiger partial charge in [0.15, 0.2) is 5.82 Å². The van der Waals surface area contributed by atoms with Crippen molar-refractivity contribution in [1.82, 2.24) is 15.5 Å². The van der Waals surface area contributed by atoms with Crippen molar-refractivity contribution in [2.75, 3.05) is 11.5 Å². The van der Waals surface area contributed by atoms with Crippen molar-refractivity contribution in [3.05, 3.63) is 11.7 Å². The summed E-state index contributed by atoms with van der Waals surface area (Å²) >= 11 is 0. The summed E-state index contributed by atoms with van der Waals surface area (Å²) in [6, 6.07) is -0.364. The fourth-order valence-electron chi connectivity index (χ4n) is 2.52. The van der Waals surface area contributed by atoms with Crippen LogP contribution in [0.15, 0.2) is 4.52 Å². The van der Waals surface area contributed by atoms with Crippen molar-refractivity contribution < 1.29 is 17.7 Å². The van der Waals surface area contributed by atoms with Crippen LogP contribution in [-0.2, 0) is 21.1 Å². The number of rotatable bonds is 7. The molecule has 1 heterocycles. The largest absolute Gasteiger partial charge is 0.344 e. The molecule has 0 bridgehead atoms. The molecule has 2 rings (SSSR count). The third-order valence-corrected chi connectivity index (χ3v) is 5.72. The molecule has 8 heteroatoms. The van der Waals surface area contributed by atoms with Crippen molar-refractivity contribution in [2.24, 2.45) is 5.92 Å². The standard InChI is InChI=1S/C14H23N3O4S/c1-3-22(19,20)9-8-12-16-14(21-17-12)10(2)15-13(18)11-6-4-5-7-11/h10-11H,3-9H2,1-2H3,(H,15,18). The topological polar surface area (TPSA) is 102 Å². The average molecular weight is 329 g/mol. The number of hydrogen-bond donors (Lipinski definition) is 1. The van der Waals surface area contributed by atoms with Crippen molar-refractivity contribution in [1.29, 1.82) is 0 Å². The fraction of sp³-hybridized carbons (Fsp3) is 0.786. The van der Waals surface area contributed by atoms with Gasteiger partial charge in [0.1, 0.15) is 15.9 Å². The van der Waals surface area contributed by atoms with Gasteiger partial charge in [0, 0.05) is 18.1 Å². The molecule has 1 aliphatic rings. The molecular weight excluding hydrogens is 306 g/mol. The number of nitrogens with one attached hydrogen (secondary N) is 1. The Labute approximate surface area is 130 Å². The summed E-state index contributed by atoms with van der Waals surface area (Å²) in [4.78, 5) is 16.2. The molecule has 22 heavy (non-hydrogen) atoms. The van der Waals surface area contributed by atoms with Crippen LogP contribution >= 0.6 is 0 Å². The van der Waals surface area contributed by atoms with E-state index in [1.165, 1.54) is 0 Å². The van der Waals surface area contributed by atoms with E-state index in [1.54, 1.807) is 13.8 Å². The predicted octanol–water partition coefficient (Wildman–Crippen LogP) is 1.41. The smallest absolute Gasteiger partial charge is 0.248 e. The molecule has 1 saturated carbocycles. The van der Waals surface area contributed by atoms with Crippen molar-refractivity contribution in [3.8, 4) is 0 Å². The van der Waals surface area contributed by atoms with Crippen LogP contribution in [0.2, 0.25) is 0 Å². The maximum absolute atomic E-state index is 12.1. The zero-order valence-corrected chi connectivity index (χ0v) is 13.9. The number of aromatic nitrogens is 2. The summed E-state index contributed by atoms with van der Waals surface area (Å²) in [5.41, 5.74) is 0. The Morgan fingerprint density at radius 3 is 2.73 bits per heavy atom. The number of amides is 1. The summed E-state index contributed by atoms with van der Waals surface area (Å²) in [6.45, 7) is 3.39. The maximum Gasteiger partial charge on any atom is 0.248 e. The first kappa shape index (κ1) is 16.9. The second kappa shape index (κ2) is 7.21. The van der Waals surface area contributed by atoms with E-state index in [0.717, 1.165) is 25.7 Å². The molecule has 1 aliphatic carbocycles. The number of carbonyl (C=O) groups excluding carboxylic acids is 1. The van der Waals surface area contributed by atoms with E-state index in [1.807, 2.05) is 0 Å². The SMILES string of the molecule is CCS(=O)(=O)CCc1noc(C(C)NC(=O)C2CCCC2)n1. The molecule has 7 nitrogen and oxygen atoms in total. The molecular formula is C14H23N3O4S. The third kappa shape index (κ3) is 4.53. The molecule has 1 unspecified atom stereocenters. The van der Waals surface area contributed by atoms with Crippen LogP contribution < -0.4 is 5.32 Å². The summed E-state index contributed by atoms with van der Waals surface area (Å²) in [7, 11) is -3.05. The molecule has 1 atom stereocenters. The van der Waals surface area contributed by atoms with E-state index in [0.29, 0.717) is 11.7 Å². The van der Waals surface area contributed by atoms with Crippen molar-refractivity contribution >= 4 is 15.7 Å². The van der Waals surface area contributed by atoms with Gasteiger partial charge in [0.2, 0.25) is 11.8 Å². The molecule has 1 aromatic rings. The second-order valence-electron chi connectivity index (χ2n) is 5.75. The highest BCUT2D eigenvalue weighted by Crippen LogP contribution is 2.25. The lowest BCUT2D eigenvalue weighted by molar-refractivity contribution is -0.125. The lowest BCUT2D eigenvalue weighted by atomic mass is 10.1. The fourth-order valence-corrected chi connectivity index (χ4v) is 3.30. The van der Waals surface area contributed by atoms with Gasteiger partial charge in [0.25, 0.3) is 0 Å². The summed E-state index contributed by atoms with van der Waals surface area (Å²) in [5.74, 6) is 0.888. The zero-order valence-electron chi connectivity index (χ0n) is 13.0. The Bertz CT molecular complexity index is 605. The van der Waals surface area contributed by atoms with E-state index in [-0.39, 0.29) is 35.8 Å². The monoisotopic (exact) mass is 329 g/mol. The van der Waals surface area contributed by atoms with Crippen LogP contribution in [-0.4, -0.2) is 36.0 Å². The number of aryl methyl sites for hydroxylation is 1. The molecule has 1 fully saturated rings. The maximum atomic E-state index is 12.1. The summed E-state index contributed by atoms with van der Waals surface area (Å²) < 4.78 is 28.0. The van der Waals surface area contributed by atoms with Gasteiger partial charge in [0.05, 0.1) is 5.75 Å². The van der Waals surface area contributed by atoms with Gasteiger partial charge in [-0.25, -0.2) is 8.42 Å². The molecule has 0 aromatic carbocycles. The minimum atomic E-state index is -3.05. The van der Waals surface area contributed by atoms with Crippen LogP contribution in [0.3, 0.4) is 0 Å². The van der Waals surface area contributed by atoms with E-state index in [9.17, 15) is 13.2 Å². The lowest BCUT2D eigenvalue weighted by Crippen LogP contribution is -2.31. The second-order valence-corrected chi connectivity index (χ2v) is 8.22. The minimum absolute atomic E-state index is 0.00525. The Kier molecular flexibility index (Phi) is 5.55. The van der Waals surface area contributed by atoms with E-state index >= 15 is 0 Å². The first-order chi connectivity index (χ1) is 10.4. The molecule has 1 aromatic heterocycles. The van der Waals surface area contributed by atoms with Gasteiger partial charge in [-0.2, -0.15) is 4.98 Å². The number of hydrogen-bond acceptors (Lipinski definition) is 6. The Morgan fingerprint density at radius 2 is 2.09 bits per heavy atom. The van der Waals surface area contributed by atoms with Gasteiger partial charge in [-0.1, -0.05) is 24.9 Å². The predicted molar refractivity (Wildman–Crippen MR) is 80.8 cm³/mol. The van der Waals surface area contributed by atoms with Gasteiger partial charge >= 0.3 is 0 Å². The number of sulfone groups is 1. The molecule has 0 radical (unpaired) electrons. The molecule has 1 amide bonds. The average Bonchev–Trinajstić information content (AvgIpc) is 3.16. The number of carbonyl (C=O) groups is 1. The first-order valence-electron chi connectivity index (χ1n) is 7.74. The highest BCUT2D eigenvalue weighted by molar-refractivity contribution is 7.91. The lowest BCUT2D eigenvalue weighted by Gasteiger charge is -2.13. The van der Waals surface area contributed by atoms with Crippen LogP contribution in [0.1, 0.15) is 57.3 Å². The quantitative estimate of drug-likeness (QED) is 0.811. The first-order valence-corrected chi connectivity index (χ1v) is 9.56. The van der Waals surface area contributed by atoms with Gasteiger partial charge in [-0.15, -0.1) is 0 Å². The third-order valence-electron chi connectivity index (χ3n) is 4.02. The van der Waals surface area contributed by atoms with Gasteiger partial charge < -0.3 is 9.84 Å². The molecule has 0 spiro atoms. The highest BCUT2D eigenvalue weighted by atomic mass is 32.2. The van der Waals surface area contributed by atoms with Crippen LogP contribution in [0.5, 0.6) is 0 Å². The molecule has 0 saturated heterocycles. The molecule has 124 valence electrons. The summed E-state index contributed by atoms with van der Waals surface area (Å²) in [6.07, 6.45) is 4.29. The van der Waals surface area contributed by atoms with Gasteiger partial charge in [-0.05, 0) is 19.8 Å². The summed E-state index contributed by atoms with van der Waals surface area (Å²) in [5, 5.41) is 6.66. The van der Waals surface area contributed by atoms with Crippen LogP contribution in [0.25, 0.3) is 0 Å². The van der Waals surface area contributed by atoms with Crippen LogP contribution in [0.4, 0.5) is 0 Å². The molecule has 0 aliphatic heterocycles. The Hall–Kier alpha value is -1.44. The highest BCUT2D eigenvalue weighted by Gasteiger charge is 2.25. The van der Waals surface area contributed by atoms with Gasteiger partial charge in [-0.3, -0.25) is 4.79 Å². The number of nitrogens with zero attached hydrogens (tertiary/aromatic N) is 2. The van der Waals surface area contributed by atoms with Crippen molar-refractivity contribution in [2.45, 2.75) is 52.0 Å².